The number of allylic oxidation sites excluding steroid dienone is 1. The largest absolute Gasteiger partial charge is 0.478 e. The molecule has 0 atom stereocenters. The zero-order valence-corrected chi connectivity index (χ0v) is 10.7. The Morgan fingerprint density at radius 2 is 2.11 bits per heavy atom. The molecule has 0 aromatic heterocycles. The zero-order valence-electron chi connectivity index (χ0n) is 10.7. The van der Waals surface area contributed by atoms with E-state index in [4.69, 9.17) is 5.11 Å². The standard InChI is InChI=1S/C15H17NO3/c17-14(9-11-5-2-1-3-6-11)16-13-8-4-7-12(10-13)15(18)19/h4-5,7-8,10H,1-3,6,9H2,(H,16,17)(H,18,19). The van der Waals surface area contributed by atoms with Crippen LogP contribution in [0.25, 0.3) is 0 Å². The molecule has 1 aromatic rings. The molecule has 0 spiro atoms. The third kappa shape index (κ3) is 3.95. The Hall–Kier alpha value is -2.10. The lowest BCUT2D eigenvalue weighted by atomic mass is 9.97. The summed E-state index contributed by atoms with van der Waals surface area (Å²) in [6.07, 6.45) is 6.92. The first-order valence-corrected chi connectivity index (χ1v) is 6.46. The number of aromatic carboxylic acids is 1. The maximum absolute atomic E-state index is 11.9. The number of anilines is 1. The Labute approximate surface area is 112 Å². The van der Waals surface area contributed by atoms with Crippen LogP contribution in [0.5, 0.6) is 0 Å². The molecule has 0 saturated carbocycles. The van der Waals surface area contributed by atoms with E-state index in [1.165, 1.54) is 24.1 Å². The van der Waals surface area contributed by atoms with Crippen molar-refractivity contribution in [2.45, 2.75) is 32.1 Å². The summed E-state index contributed by atoms with van der Waals surface area (Å²) in [4.78, 5) is 22.7. The molecule has 1 aromatic carbocycles. The smallest absolute Gasteiger partial charge is 0.335 e. The minimum absolute atomic E-state index is 0.0873. The number of nitrogens with one attached hydrogen (secondary N) is 1. The molecule has 0 aliphatic heterocycles. The predicted molar refractivity (Wildman–Crippen MR) is 73.2 cm³/mol. The summed E-state index contributed by atoms with van der Waals surface area (Å²) in [5.41, 5.74) is 1.88. The summed E-state index contributed by atoms with van der Waals surface area (Å²) < 4.78 is 0. The van der Waals surface area contributed by atoms with Crippen LogP contribution in [0.3, 0.4) is 0 Å². The van der Waals surface area contributed by atoms with Crippen LogP contribution in [-0.2, 0) is 4.79 Å². The summed E-state index contributed by atoms with van der Waals surface area (Å²) in [5.74, 6) is -1.08. The van der Waals surface area contributed by atoms with Crippen LogP contribution in [0, 0.1) is 0 Å². The molecule has 0 unspecified atom stereocenters. The topological polar surface area (TPSA) is 66.4 Å². The lowest BCUT2D eigenvalue weighted by Crippen LogP contribution is -2.13. The molecule has 1 amide bonds. The minimum atomic E-state index is -0.994. The molecule has 0 bridgehead atoms. The first-order valence-electron chi connectivity index (χ1n) is 6.46. The van der Waals surface area contributed by atoms with Gasteiger partial charge in [0.15, 0.2) is 0 Å². The van der Waals surface area contributed by atoms with E-state index in [1.807, 2.05) is 0 Å². The van der Waals surface area contributed by atoms with Crippen LogP contribution in [0.15, 0.2) is 35.9 Å². The number of benzene rings is 1. The second-order valence-electron chi connectivity index (χ2n) is 4.72. The number of carbonyl (C=O) groups excluding carboxylic acids is 1. The number of carboxylic acid groups (broad SMARTS) is 1. The van der Waals surface area contributed by atoms with Gasteiger partial charge in [0, 0.05) is 12.1 Å². The van der Waals surface area contributed by atoms with Crippen LogP contribution < -0.4 is 5.32 Å². The van der Waals surface area contributed by atoms with Crippen LogP contribution >= 0.6 is 0 Å². The lowest BCUT2D eigenvalue weighted by molar-refractivity contribution is -0.115. The molecule has 19 heavy (non-hydrogen) atoms. The number of hydrogen-bond acceptors (Lipinski definition) is 2. The van der Waals surface area contributed by atoms with Gasteiger partial charge in [0.2, 0.25) is 5.91 Å². The third-order valence-corrected chi connectivity index (χ3v) is 3.17. The van der Waals surface area contributed by atoms with E-state index < -0.39 is 5.97 Å². The van der Waals surface area contributed by atoms with E-state index in [0.29, 0.717) is 12.1 Å². The van der Waals surface area contributed by atoms with Crippen molar-refractivity contribution in [3.63, 3.8) is 0 Å². The Morgan fingerprint density at radius 3 is 2.79 bits per heavy atom. The van der Waals surface area contributed by atoms with E-state index in [2.05, 4.69) is 11.4 Å². The summed E-state index contributed by atoms with van der Waals surface area (Å²) in [7, 11) is 0. The molecule has 2 rings (SSSR count). The molecule has 4 heteroatoms. The Bertz CT molecular complexity index is 520. The van der Waals surface area contributed by atoms with Gasteiger partial charge in [0.25, 0.3) is 0 Å². The molecular weight excluding hydrogens is 242 g/mol. The van der Waals surface area contributed by atoms with Gasteiger partial charge in [-0.1, -0.05) is 17.7 Å². The summed E-state index contributed by atoms with van der Waals surface area (Å²) in [6, 6.07) is 6.29. The SMILES string of the molecule is O=C(CC1=CCCCC1)Nc1cccc(C(=O)O)c1. The number of hydrogen-bond donors (Lipinski definition) is 2. The van der Waals surface area contributed by atoms with Crippen molar-refractivity contribution in [2.24, 2.45) is 0 Å². The van der Waals surface area contributed by atoms with Gasteiger partial charge in [0.05, 0.1) is 5.56 Å². The molecule has 0 fully saturated rings. The predicted octanol–water partition coefficient (Wildman–Crippen LogP) is 3.21. The average molecular weight is 259 g/mol. The molecular formula is C15H17NO3. The van der Waals surface area contributed by atoms with E-state index in [-0.39, 0.29) is 11.5 Å². The highest BCUT2D eigenvalue weighted by Crippen LogP contribution is 2.20. The fourth-order valence-corrected chi connectivity index (χ4v) is 2.21. The van der Waals surface area contributed by atoms with Gasteiger partial charge in [-0.15, -0.1) is 0 Å². The van der Waals surface area contributed by atoms with Crippen molar-refractivity contribution in [2.75, 3.05) is 5.32 Å². The summed E-state index contributed by atoms with van der Waals surface area (Å²) in [6.45, 7) is 0. The molecule has 0 heterocycles. The van der Waals surface area contributed by atoms with Crippen molar-refractivity contribution in [3.05, 3.63) is 41.5 Å². The molecule has 1 aliphatic carbocycles. The summed E-state index contributed by atoms with van der Waals surface area (Å²) in [5, 5.41) is 11.6. The molecule has 2 N–H and O–H groups in total. The average Bonchev–Trinajstić information content (AvgIpc) is 2.40. The maximum Gasteiger partial charge on any atom is 0.335 e. The van der Waals surface area contributed by atoms with Crippen LogP contribution in [0.1, 0.15) is 42.5 Å². The van der Waals surface area contributed by atoms with Crippen LogP contribution in [-0.4, -0.2) is 17.0 Å². The van der Waals surface area contributed by atoms with Crippen molar-refractivity contribution in [3.8, 4) is 0 Å². The second kappa shape index (κ2) is 6.18. The normalized spacial score (nSPS) is 14.6. The Morgan fingerprint density at radius 1 is 1.26 bits per heavy atom. The Balaban J connectivity index is 1.96. The van der Waals surface area contributed by atoms with Gasteiger partial charge in [0.1, 0.15) is 0 Å². The van der Waals surface area contributed by atoms with E-state index in [0.717, 1.165) is 19.3 Å². The Kier molecular flexibility index (Phi) is 4.34. The van der Waals surface area contributed by atoms with E-state index in [1.54, 1.807) is 12.1 Å². The van der Waals surface area contributed by atoms with Gasteiger partial charge >= 0.3 is 5.97 Å². The third-order valence-electron chi connectivity index (χ3n) is 3.17. The minimum Gasteiger partial charge on any atom is -0.478 e. The fraction of sp³-hybridized carbons (Fsp3) is 0.333. The maximum atomic E-state index is 11.9. The van der Waals surface area contributed by atoms with Crippen LogP contribution in [0.4, 0.5) is 5.69 Å². The zero-order chi connectivity index (χ0) is 13.7. The first kappa shape index (κ1) is 13.3. The highest BCUT2D eigenvalue weighted by atomic mass is 16.4. The van der Waals surface area contributed by atoms with Crippen molar-refractivity contribution < 1.29 is 14.7 Å². The summed E-state index contributed by atoms with van der Waals surface area (Å²) >= 11 is 0. The monoisotopic (exact) mass is 259 g/mol. The first-order chi connectivity index (χ1) is 9.15. The highest BCUT2D eigenvalue weighted by Gasteiger charge is 2.10. The molecule has 0 saturated heterocycles. The molecule has 100 valence electrons. The number of carboxylic acids is 1. The van der Waals surface area contributed by atoms with Gasteiger partial charge in [-0.2, -0.15) is 0 Å². The van der Waals surface area contributed by atoms with Crippen molar-refractivity contribution in [1.82, 2.24) is 0 Å². The van der Waals surface area contributed by atoms with Crippen molar-refractivity contribution in [1.29, 1.82) is 0 Å². The van der Waals surface area contributed by atoms with E-state index in [9.17, 15) is 9.59 Å². The molecule has 0 radical (unpaired) electrons. The van der Waals surface area contributed by atoms with Crippen molar-refractivity contribution >= 4 is 17.6 Å². The number of amides is 1. The fourth-order valence-electron chi connectivity index (χ4n) is 2.21. The quantitative estimate of drug-likeness (QED) is 0.816. The second-order valence-corrected chi connectivity index (χ2v) is 4.72. The molecule has 1 aliphatic rings. The number of carbonyl (C=O) groups is 2. The number of rotatable bonds is 4. The van der Waals surface area contributed by atoms with Gasteiger partial charge < -0.3 is 10.4 Å². The lowest BCUT2D eigenvalue weighted by Gasteiger charge is -2.12. The van der Waals surface area contributed by atoms with Gasteiger partial charge in [-0.05, 0) is 43.9 Å². The van der Waals surface area contributed by atoms with Gasteiger partial charge in [-0.3, -0.25) is 4.79 Å². The van der Waals surface area contributed by atoms with E-state index >= 15 is 0 Å². The van der Waals surface area contributed by atoms with Crippen LogP contribution in [0.2, 0.25) is 0 Å². The highest BCUT2D eigenvalue weighted by molar-refractivity contribution is 5.94. The van der Waals surface area contributed by atoms with Gasteiger partial charge in [-0.25, -0.2) is 4.79 Å². The molecule has 4 nitrogen and oxygen atoms in total.